The summed E-state index contributed by atoms with van der Waals surface area (Å²) in [5.74, 6) is 1.63. The second kappa shape index (κ2) is 8.90. The van der Waals surface area contributed by atoms with Crippen LogP contribution in [0.2, 0.25) is 0 Å². The zero-order valence-electron chi connectivity index (χ0n) is 13.0. The SMILES string of the molecule is CCOC(=O)C1CCC(O)(CNCC(C)CSC)CC1. The second-order valence-corrected chi connectivity index (χ2v) is 6.85. The summed E-state index contributed by atoms with van der Waals surface area (Å²) in [4.78, 5) is 11.7. The number of aliphatic hydroxyl groups is 1. The molecule has 0 heterocycles. The van der Waals surface area contributed by atoms with Gasteiger partial charge in [-0.05, 0) is 57.1 Å². The molecule has 118 valence electrons. The molecule has 0 aliphatic heterocycles. The number of thioether (sulfide) groups is 1. The van der Waals surface area contributed by atoms with Gasteiger partial charge in [0.1, 0.15) is 0 Å². The van der Waals surface area contributed by atoms with Crippen LogP contribution >= 0.6 is 11.8 Å². The predicted molar refractivity (Wildman–Crippen MR) is 84.0 cm³/mol. The van der Waals surface area contributed by atoms with Gasteiger partial charge in [-0.15, -0.1) is 0 Å². The Labute approximate surface area is 127 Å². The number of carbonyl (C=O) groups is 1. The van der Waals surface area contributed by atoms with Gasteiger partial charge in [0.2, 0.25) is 0 Å². The van der Waals surface area contributed by atoms with Crippen molar-refractivity contribution < 1.29 is 14.6 Å². The van der Waals surface area contributed by atoms with Crippen LogP contribution in [0.5, 0.6) is 0 Å². The first-order chi connectivity index (χ1) is 9.50. The Hall–Kier alpha value is -0.260. The Kier molecular flexibility index (Phi) is 7.92. The van der Waals surface area contributed by atoms with E-state index >= 15 is 0 Å². The van der Waals surface area contributed by atoms with E-state index in [1.54, 1.807) is 0 Å². The molecule has 0 amide bonds. The molecule has 0 radical (unpaired) electrons. The zero-order chi connectivity index (χ0) is 15.0. The smallest absolute Gasteiger partial charge is 0.308 e. The van der Waals surface area contributed by atoms with Crippen molar-refractivity contribution in [2.45, 2.75) is 45.1 Å². The van der Waals surface area contributed by atoms with E-state index in [0.29, 0.717) is 31.9 Å². The molecule has 1 rings (SSSR count). The van der Waals surface area contributed by atoms with Gasteiger partial charge >= 0.3 is 5.97 Å². The topological polar surface area (TPSA) is 58.6 Å². The summed E-state index contributed by atoms with van der Waals surface area (Å²) in [6, 6.07) is 0. The van der Waals surface area contributed by atoms with Gasteiger partial charge in [-0.3, -0.25) is 4.79 Å². The highest BCUT2D eigenvalue weighted by atomic mass is 32.2. The molecule has 0 aromatic carbocycles. The lowest BCUT2D eigenvalue weighted by Gasteiger charge is -2.35. The lowest BCUT2D eigenvalue weighted by molar-refractivity contribution is -0.151. The molecule has 0 aromatic heterocycles. The van der Waals surface area contributed by atoms with Crippen molar-refractivity contribution in [1.29, 1.82) is 0 Å². The van der Waals surface area contributed by atoms with Crippen molar-refractivity contribution in [1.82, 2.24) is 5.32 Å². The van der Waals surface area contributed by atoms with E-state index in [4.69, 9.17) is 4.74 Å². The minimum Gasteiger partial charge on any atom is -0.466 e. The lowest BCUT2D eigenvalue weighted by atomic mass is 9.78. The summed E-state index contributed by atoms with van der Waals surface area (Å²) in [6.07, 6.45) is 4.94. The molecule has 1 aliphatic carbocycles. The molecule has 1 fully saturated rings. The third-order valence-corrected chi connectivity index (χ3v) is 4.84. The first kappa shape index (κ1) is 17.8. The van der Waals surface area contributed by atoms with E-state index in [1.165, 1.54) is 0 Å². The van der Waals surface area contributed by atoms with E-state index in [0.717, 1.165) is 25.1 Å². The van der Waals surface area contributed by atoms with Crippen molar-refractivity contribution in [3.05, 3.63) is 0 Å². The van der Waals surface area contributed by atoms with E-state index < -0.39 is 5.60 Å². The monoisotopic (exact) mass is 303 g/mol. The average Bonchev–Trinajstić information content (AvgIpc) is 2.40. The van der Waals surface area contributed by atoms with Crippen LogP contribution in [0.15, 0.2) is 0 Å². The van der Waals surface area contributed by atoms with Gasteiger partial charge in [0, 0.05) is 6.54 Å². The quantitative estimate of drug-likeness (QED) is 0.672. The molecule has 1 atom stereocenters. The van der Waals surface area contributed by atoms with Crippen LogP contribution in [0.1, 0.15) is 39.5 Å². The highest BCUT2D eigenvalue weighted by Crippen LogP contribution is 2.32. The number of rotatable bonds is 8. The van der Waals surface area contributed by atoms with Crippen LogP contribution in [-0.4, -0.2) is 48.4 Å². The fourth-order valence-electron chi connectivity index (χ4n) is 2.72. The third kappa shape index (κ3) is 6.02. The number of hydrogen-bond donors (Lipinski definition) is 2. The first-order valence-electron chi connectivity index (χ1n) is 7.59. The van der Waals surface area contributed by atoms with Crippen LogP contribution in [-0.2, 0) is 9.53 Å². The largest absolute Gasteiger partial charge is 0.466 e. The van der Waals surface area contributed by atoms with Crippen LogP contribution < -0.4 is 5.32 Å². The van der Waals surface area contributed by atoms with E-state index in [1.807, 2.05) is 18.7 Å². The number of carbonyl (C=O) groups excluding carboxylic acids is 1. The van der Waals surface area contributed by atoms with Crippen molar-refractivity contribution in [2.75, 3.05) is 31.7 Å². The number of ether oxygens (including phenoxy) is 1. The maximum atomic E-state index is 11.7. The Morgan fingerprint density at radius 2 is 2.15 bits per heavy atom. The molecular formula is C15H29NO3S. The van der Waals surface area contributed by atoms with Crippen LogP contribution in [0.4, 0.5) is 0 Å². The fraction of sp³-hybridized carbons (Fsp3) is 0.933. The Balaban J connectivity index is 2.26. The third-order valence-electron chi connectivity index (χ3n) is 3.93. The van der Waals surface area contributed by atoms with Crippen molar-refractivity contribution >= 4 is 17.7 Å². The van der Waals surface area contributed by atoms with Gasteiger partial charge in [0.15, 0.2) is 0 Å². The summed E-state index contributed by atoms with van der Waals surface area (Å²) in [5, 5.41) is 13.9. The van der Waals surface area contributed by atoms with Gasteiger partial charge in [-0.2, -0.15) is 11.8 Å². The minimum absolute atomic E-state index is 0.0226. The van der Waals surface area contributed by atoms with Gasteiger partial charge < -0.3 is 15.2 Å². The molecule has 20 heavy (non-hydrogen) atoms. The normalized spacial score (nSPS) is 28.1. The van der Waals surface area contributed by atoms with Crippen LogP contribution in [0, 0.1) is 11.8 Å². The molecule has 1 saturated carbocycles. The first-order valence-corrected chi connectivity index (χ1v) is 8.99. The van der Waals surface area contributed by atoms with Crippen molar-refractivity contribution in [3.63, 3.8) is 0 Å². The average molecular weight is 303 g/mol. The summed E-state index contributed by atoms with van der Waals surface area (Å²) in [5.41, 5.74) is -0.651. The Morgan fingerprint density at radius 1 is 1.50 bits per heavy atom. The summed E-state index contributed by atoms with van der Waals surface area (Å²) in [7, 11) is 0. The van der Waals surface area contributed by atoms with E-state index in [9.17, 15) is 9.90 Å². The highest BCUT2D eigenvalue weighted by Gasteiger charge is 2.36. The highest BCUT2D eigenvalue weighted by molar-refractivity contribution is 7.98. The molecule has 5 heteroatoms. The van der Waals surface area contributed by atoms with Gasteiger partial charge in [0.25, 0.3) is 0 Å². The van der Waals surface area contributed by atoms with Crippen LogP contribution in [0.25, 0.3) is 0 Å². The maximum Gasteiger partial charge on any atom is 0.308 e. The fourth-order valence-corrected chi connectivity index (χ4v) is 3.41. The molecule has 0 aromatic rings. The minimum atomic E-state index is -0.651. The van der Waals surface area contributed by atoms with Gasteiger partial charge in [-0.25, -0.2) is 0 Å². The molecule has 1 unspecified atom stereocenters. The van der Waals surface area contributed by atoms with Gasteiger partial charge in [0.05, 0.1) is 18.1 Å². The molecule has 0 bridgehead atoms. The summed E-state index contributed by atoms with van der Waals surface area (Å²) >= 11 is 1.85. The summed E-state index contributed by atoms with van der Waals surface area (Å²) in [6.45, 7) is 6.04. The van der Waals surface area contributed by atoms with Crippen LogP contribution in [0.3, 0.4) is 0 Å². The second-order valence-electron chi connectivity index (χ2n) is 5.94. The Morgan fingerprint density at radius 3 is 2.70 bits per heavy atom. The molecule has 1 aliphatic rings. The van der Waals surface area contributed by atoms with Gasteiger partial charge in [-0.1, -0.05) is 6.92 Å². The molecule has 2 N–H and O–H groups in total. The molecular weight excluding hydrogens is 274 g/mol. The molecule has 0 saturated heterocycles. The summed E-state index contributed by atoms with van der Waals surface area (Å²) < 4.78 is 5.05. The maximum absolute atomic E-state index is 11.7. The number of hydrogen-bond acceptors (Lipinski definition) is 5. The number of nitrogens with one attached hydrogen (secondary N) is 1. The van der Waals surface area contributed by atoms with Crippen molar-refractivity contribution in [3.8, 4) is 0 Å². The Bertz CT molecular complexity index is 291. The standard InChI is InChI=1S/C15H29NO3S/c1-4-19-14(17)13-5-7-15(18,8-6-13)11-16-9-12(2)10-20-3/h12-13,16,18H,4-11H2,1-3H3. The predicted octanol–water partition coefficient (Wildman–Crippen LogP) is 2.06. The zero-order valence-corrected chi connectivity index (χ0v) is 13.8. The number of esters is 1. The van der Waals surface area contributed by atoms with Crippen molar-refractivity contribution in [2.24, 2.45) is 11.8 Å². The molecule has 4 nitrogen and oxygen atoms in total. The van der Waals surface area contributed by atoms with E-state index in [-0.39, 0.29) is 11.9 Å². The molecule has 0 spiro atoms. The lowest BCUT2D eigenvalue weighted by Crippen LogP contribution is -2.45. The van der Waals surface area contributed by atoms with E-state index in [2.05, 4.69) is 18.5 Å².